The minimum Gasteiger partial charge on any atom is -0.493 e. The quantitative estimate of drug-likeness (QED) is 0.760. The van der Waals surface area contributed by atoms with Crippen molar-refractivity contribution in [3.63, 3.8) is 0 Å². The summed E-state index contributed by atoms with van der Waals surface area (Å²) in [5.74, 6) is 0.655. The highest BCUT2D eigenvalue weighted by molar-refractivity contribution is 7.85. The maximum absolute atomic E-state index is 10.8. The third kappa shape index (κ3) is 3.08. The van der Waals surface area contributed by atoms with Gasteiger partial charge in [-0.05, 0) is 12.1 Å². The van der Waals surface area contributed by atoms with E-state index in [4.69, 9.17) is 14.0 Å². The van der Waals surface area contributed by atoms with Crippen molar-refractivity contribution in [2.45, 2.75) is 4.90 Å². The molecule has 0 spiro atoms. The van der Waals surface area contributed by atoms with Crippen LogP contribution >= 0.6 is 0 Å². The molecule has 0 atom stereocenters. The summed E-state index contributed by atoms with van der Waals surface area (Å²) in [6, 6.07) is 3.83. The van der Waals surface area contributed by atoms with E-state index in [1.165, 1.54) is 32.4 Å². The summed E-state index contributed by atoms with van der Waals surface area (Å²) in [5.41, 5.74) is 0. The van der Waals surface area contributed by atoms with Crippen molar-refractivity contribution in [1.82, 2.24) is 6.15 Å². The second kappa shape index (κ2) is 4.96. The first kappa shape index (κ1) is 13.7. The van der Waals surface area contributed by atoms with Gasteiger partial charge in [-0.2, -0.15) is 8.42 Å². The molecule has 0 fully saturated rings. The van der Waals surface area contributed by atoms with Crippen molar-refractivity contribution >= 4 is 10.1 Å². The fourth-order valence-electron chi connectivity index (χ4n) is 0.977. The van der Waals surface area contributed by atoms with E-state index in [2.05, 4.69) is 0 Å². The smallest absolute Gasteiger partial charge is 0.294 e. The average Bonchev–Trinajstić information content (AvgIpc) is 2.15. The van der Waals surface area contributed by atoms with Gasteiger partial charge in [0.2, 0.25) is 0 Å². The highest BCUT2D eigenvalue weighted by Crippen LogP contribution is 2.29. The number of benzene rings is 1. The molecule has 0 heterocycles. The Morgan fingerprint density at radius 1 is 1.13 bits per heavy atom. The zero-order valence-electron chi connectivity index (χ0n) is 8.43. The van der Waals surface area contributed by atoms with Crippen molar-refractivity contribution in [2.75, 3.05) is 14.2 Å². The van der Waals surface area contributed by atoms with Gasteiger partial charge in [-0.3, -0.25) is 4.55 Å². The lowest BCUT2D eigenvalue weighted by atomic mass is 10.3. The van der Waals surface area contributed by atoms with Gasteiger partial charge in [0.1, 0.15) is 0 Å². The van der Waals surface area contributed by atoms with Gasteiger partial charge < -0.3 is 15.6 Å². The highest BCUT2D eigenvalue weighted by Gasteiger charge is 2.13. The Kier molecular flexibility index (Phi) is 4.53. The van der Waals surface area contributed by atoms with Crippen molar-refractivity contribution < 1.29 is 22.4 Å². The summed E-state index contributed by atoms with van der Waals surface area (Å²) in [4.78, 5) is -0.227. The van der Waals surface area contributed by atoms with Crippen molar-refractivity contribution in [3.05, 3.63) is 18.2 Å². The van der Waals surface area contributed by atoms with Crippen LogP contribution < -0.4 is 15.6 Å². The largest absolute Gasteiger partial charge is 0.493 e. The van der Waals surface area contributed by atoms with Gasteiger partial charge in [0, 0.05) is 6.07 Å². The van der Waals surface area contributed by atoms with Crippen LogP contribution in [-0.2, 0) is 10.1 Å². The number of ether oxygens (including phenoxy) is 2. The Morgan fingerprint density at radius 3 is 2.07 bits per heavy atom. The lowest BCUT2D eigenvalue weighted by Crippen LogP contribution is -1.99. The molecule has 86 valence electrons. The molecule has 0 unspecified atom stereocenters. The second-order valence-electron chi connectivity index (χ2n) is 2.49. The predicted molar refractivity (Wildman–Crippen MR) is 54.4 cm³/mol. The molecule has 0 aliphatic carbocycles. The van der Waals surface area contributed by atoms with E-state index in [1.54, 1.807) is 0 Å². The summed E-state index contributed by atoms with van der Waals surface area (Å²) in [6.07, 6.45) is 0. The highest BCUT2D eigenvalue weighted by atomic mass is 32.2. The molecule has 0 aliphatic rings. The standard InChI is InChI=1S/C8H10O5S.H3N/c1-12-7-4-3-6(14(9,10)11)5-8(7)13-2;/h3-5H,1-2H3,(H,9,10,11);1H3. The van der Waals surface area contributed by atoms with Crippen LogP contribution in [0.5, 0.6) is 11.5 Å². The molecule has 0 saturated carbocycles. The topological polar surface area (TPSA) is 108 Å². The lowest BCUT2D eigenvalue weighted by molar-refractivity contribution is 0.353. The van der Waals surface area contributed by atoms with Crippen LogP contribution in [-0.4, -0.2) is 27.2 Å². The average molecular weight is 235 g/mol. The molecule has 6 nitrogen and oxygen atoms in total. The van der Waals surface area contributed by atoms with Gasteiger partial charge >= 0.3 is 0 Å². The van der Waals surface area contributed by atoms with Gasteiger partial charge in [0.05, 0.1) is 19.1 Å². The fourth-order valence-corrected chi connectivity index (χ4v) is 1.47. The maximum atomic E-state index is 10.8. The van der Waals surface area contributed by atoms with Crippen LogP contribution in [0.4, 0.5) is 0 Å². The zero-order chi connectivity index (χ0) is 10.8. The molecule has 7 heteroatoms. The minimum atomic E-state index is -4.20. The zero-order valence-corrected chi connectivity index (χ0v) is 9.24. The lowest BCUT2D eigenvalue weighted by Gasteiger charge is -2.07. The van der Waals surface area contributed by atoms with Crippen LogP contribution in [0.3, 0.4) is 0 Å². The molecule has 1 aromatic carbocycles. The van der Waals surface area contributed by atoms with Crippen molar-refractivity contribution in [3.8, 4) is 11.5 Å². The molecule has 0 bridgehead atoms. The van der Waals surface area contributed by atoms with Gasteiger partial charge in [0.25, 0.3) is 10.1 Å². The van der Waals surface area contributed by atoms with E-state index in [-0.39, 0.29) is 16.8 Å². The van der Waals surface area contributed by atoms with E-state index >= 15 is 0 Å². The summed E-state index contributed by atoms with van der Waals surface area (Å²) in [5, 5.41) is 0. The minimum absolute atomic E-state index is 0. The molecular weight excluding hydrogens is 222 g/mol. The normalized spacial score (nSPS) is 10.3. The molecule has 1 aromatic rings. The molecule has 0 amide bonds. The van der Waals surface area contributed by atoms with Crippen LogP contribution in [0, 0.1) is 0 Å². The fraction of sp³-hybridized carbons (Fsp3) is 0.250. The number of hydrogen-bond donors (Lipinski definition) is 2. The summed E-state index contributed by atoms with van der Waals surface area (Å²) < 4.78 is 40.0. The Bertz CT molecular complexity index is 429. The number of methoxy groups -OCH3 is 2. The monoisotopic (exact) mass is 235 g/mol. The Morgan fingerprint density at radius 2 is 1.67 bits per heavy atom. The van der Waals surface area contributed by atoms with E-state index in [0.717, 1.165) is 0 Å². The first-order chi connectivity index (χ1) is 6.49. The molecule has 4 N–H and O–H groups in total. The first-order valence-corrected chi connectivity index (χ1v) is 5.12. The van der Waals surface area contributed by atoms with Crippen molar-refractivity contribution in [1.29, 1.82) is 0 Å². The molecule has 0 aliphatic heterocycles. The Hall–Kier alpha value is -1.31. The molecule has 0 saturated heterocycles. The molecule has 15 heavy (non-hydrogen) atoms. The van der Waals surface area contributed by atoms with E-state index in [0.29, 0.717) is 5.75 Å². The van der Waals surface area contributed by atoms with E-state index < -0.39 is 10.1 Å². The van der Waals surface area contributed by atoms with Crippen LogP contribution in [0.25, 0.3) is 0 Å². The van der Waals surface area contributed by atoms with Crippen LogP contribution in [0.2, 0.25) is 0 Å². The van der Waals surface area contributed by atoms with Crippen LogP contribution in [0.15, 0.2) is 23.1 Å². The summed E-state index contributed by atoms with van der Waals surface area (Å²) in [7, 11) is -1.38. The van der Waals surface area contributed by atoms with Gasteiger partial charge in [-0.15, -0.1) is 0 Å². The summed E-state index contributed by atoms with van der Waals surface area (Å²) in [6.45, 7) is 0. The maximum Gasteiger partial charge on any atom is 0.294 e. The molecule has 0 aromatic heterocycles. The first-order valence-electron chi connectivity index (χ1n) is 3.68. The molecule has 1 rings (SSSR count). The molecule has 0 radical (unpaired) electrons. The summed E-state index contributed by atoms with van der Waals surface area (Å²) >= 11 is 0. The SMILES string of the molecule is COc1ccc(S(=O)(=O)O)cc1OC.N. The van der Waals surface area contributed by atoms with Crippen LogP contribution in [0.1, 0.15) is 0 Å². The van der Waals surface area contributed by atoms with Gasteiger partial charge in [-0.1, -0.05) is 0 Å². The second-order valence-corrected chi connectivity index (χ2v) is 3.91. The predicted octanol–water partition coefficient (Wildman–Crippen LogP) is 1.11. The number of rotatable bonds is 3. The van der Waals surface area contributed by atoms with E-state index in [9.17, 15) is 8.42 Å². The third-order valence-electron chi connectivity index (χ3n) is 1.65. The van der Waals surface area contributed by atoms with Gasteiger partial charge in [0.15, 0.2) is 11.5 Å². The molecular formula is C8H13NO5S. The third-order valence-corrected chi connectivity index (χ3v) is 2.50. The Labute approximate surface area is 88.2 Å². The Balaban J connectivity index is 0.00000196. The number of hydrogen-bond acceptors (Lipinski definition) is 5. The van der Waals surface area contributed by atoms with Gasteiger partial charge in [-0.25, -0.2) is 0 Å². The van der Waals surface area contributed by atoms with E-state index in [1.807, 2.05) is 0 Å². The van der Waals surface area contributed by atoms with Crippen molar-refractivity contribution in [2.24, 2.45) is 0 Å².